The number of rotatable bonds is 2. The van der Waals surface area contributed by atoms with Gasteiger partial charge in [0, 0.05) is 10.9 Å². The number of ether oxygens (including phenoxy) is 1. The van der Waals surface area contributed by atoms with Gasteiger partial charge in [0.1, 0.15) is 11.4 Å². The van der Waals surface area contributed by atoms with Crippen LogP contribution in [0, 0.1) is 5.41 Å². The zero-order valence-corrected chi connectivity index (χ0v) is 9.89. The highest BCUT2D eigenvalue weighted by molar-refractivity contribution is 6.06. The number of aromatic carboxylic acids is 1. The molecule has 0 aliphatic heterocycles. The lowest BCUT2D eigenvalue weighted by molar-refractivity contribution is 0.0665. The van der Waals surface area contributed by atoms with E-state index >= 15 is 0 Å². The Bertz CT molecular complexity index is 674. The van der Waals surface area contributed by atoms with Gasteiger partial charge in [0.15, 0.2) is 0 Å². The number of hydrogen-bond acceptors (Lipinski definition) is 5. The minimum absolute atomic E-state index is 0.146. The maximum Gasteiger partial charge on any atom is 0.412 e. The number of carbonyl (C=O) groups is 2. The minimum Gasteiger partial charge on any atom is -0.475 e. The van der Waals surface area contributed by atoms with Crippen LogP contribution in [0.2, 0.25) is 0 Å². The summed E-state index contributed by atoms with van der Waals surface area (Å²) in [7, 11) is 1.20. The van der Waals surface area contributed by atoms with Gasteiger partial charge in [-0.2, -0.15) is 0 Å². The molecule has 0 saturated carbocycles. The molecule has 0 aliphatic carbocycles. The summed E-state index contributed by atoms with van der Waals surface area (Å²) in [5.41, 5.74) is 0.808. The first-order valence-electron chi connectivity index (χ1n) is 5.22. The van der Waals surface area contributed by atoms with Crippen LogP contribution in [0.25, 0.3) is 11.0 Å². The first-order chi connectivity index (χ1) is 9.01. The van der Waals surface area contributed by atoms with Crippen LogP contribution in [0.5, 0.6) is 0 Å². The fourth-order valence-electron chi connectivity index (χ4n) is 1.53. The molecule has 1 aromatic heterocycles. The Morgan fingerprint density at radius 1 is 1.37 bits per heavy atom. The third kappa shape index (κ3) is 2.54. The van der Waals surface area contributed by atoms with Crippen molar-refractivity contribution in [3.05, 3.63) is 35.6 Å². The summed E-state index contributed by atoms with van der Waals surface area (Å²) in [5.74, 6) is -1.49. The van der Waals surface area contributed by atoms with Crippen molar-refractivity contribution >= 4 is 28.9 Å². The molecule has 7 heteroatoms. The average molecular weight is 262 g/mol. The van der Waals surface area contributed by atoms with E-state index in [4.69, 9.17) is 14.9 Å². The number of furan rings is 1. The largest absolute Gasteiger partial charge is 0.475 e. The summed E-state index contributed by atoms with van der Waals surface area (Å²) in [6, 6.07) is 5.97. The van der Waals surface area contributed by atoms with Crippen molar-refractivity contribution in [1.29, 1.82) is 5.41 Å². The number of alkyl carbamates (subject to hydrolysis) is 1. The third-order valence-corrected chi connectivity index (χ3v) is 2.43. The third-order valence-electron chi connectivity index (χ3n) is 2.43. The molecule has 0 spiro atoms. The van der Waals surface area contributed by atoms with Crippen molar-refractivity contribution < 1.29 is 23.8 Å². The van der Waals surface area contributed by atoms with Crippen LogP contribution in [0.3, 0.4) is 0 Å². The van der Waals surface area contributed by atoms with Gasteiger partial charge in [-0.1, -0.05) is 0 Å². The van der Waals surface area contributed by atoms with Crippen molar-refractivity contribution in [2.45, 2.75) is 0 Å². The van der Waals surface area contributed by atoms with Gasteiger partial charge in [0.2, 0.25) is 5.76 Å². The SMILES string of the molecule is COC(=O)NC(=N)c1ccc2oc(C(=O)O)cc2c1. The first-order valence-corrected chi connectivity index (χ1v) is 5.22. The second kappa shape index (κ2) is 4.81. The van der Waals surface area contributed by atoms with E-state index in [-0.39, 0.29) is 11.6 Å². The van der Waals surface area contributed by atoms with E-state index in [2.05, 4.69) is 10.1 Å². The van der Waals surface area contributed by atoms with Gasteiger partial charge >= 0.3 is 12.1 Å². The van der Waals surface area contributed by atoms with Crippen LogP contribution in [0.4, 0.5) is 4.79 Å². The molecule has 3 N–H and O–H groups in total. The Hall–Kier alpha value is -2.83. The number of amidine groups is 1. The summed E-state index contributed by atoms with van der Waals surface area (Å²) < 4.78 is 9.46. The van der Waals surface area contributed by atoms with E-state index < -0.39 is 12.1 Å². The molecule has 1 aromatic carbocycles. The number of nitrogens with one attached hydrogen (secondary N) is 2. The van der Waals surface area contributed by atoms with Gasteiger partial charge in [-0.25, -0.2) is 9.59 Å². The van der Waals surface area contributed by atoms with Crippen LogP contribution in [-0.2, 0) is 4.74 Å². The zero-order chi connectivity index (χ0) is 14.0. The van der Waals surface area contributed by atoms with Crippen LogP contribution >= 0.6 is 0 Å². The molecule has 98 valence electrons. The molecule has 0 saturated heterocycles. The molecule has 19 heavy (non-hydrogen) atoms. The molecular formula is C12H10N2O5. The molecule has 0 aliphatic rings. The molecule has 0 radical (unpaired) electrons. The van der Waals surface area contributed by atoms with Gasteiger partial charge in [-0.3, -0.25) is 10.7 Å². The number of carboxylic acid groups (broad SMARTS) is 1. The fourth-order valence-corrected chi connectivity index (χ4v) is 1.53. The molecule has 1 heterocycles. The second-order valence-corrected chi connectivity index (χ2v) is 3.66. The smallest absolute Gasteiger partial charge is 0.412 e. The summed E-state index contributed by atoms with van der Waals surface area (Å²) >= 11 is 0. The second-order valence-electron chi connectivity index (χ2n) is 3.66. The highest BCUT2D eigenvalue weighted by Gasteiger charge is 2.12. The van der Waals surface area contributed by atoms with Crippen LogP contribution in [0.15, 0.2) is 28.7 Å². The number of carbonyl (C=O) groups excluding carboxylic acids is 1. The van der Waals surface area contributed by atoms with Crippen molar-refractivity contribution in [2.24, 2.45) is 0 Å². The van der Waals surface area contributed by atoms with Crippen molar-refractivity contribution in [3.63, 3.8) is 0 Å². The standard InChI is InChI=1S/C12H10N2O5/c1-18-12(17)14-10(13)6-2-3-8-7(4-6)5-9(19-8)11(15)16/h2-5H,1H3,(H,15,16)(H2,13,14,17). The Kier molecular flexibility index (Phi) is 3.19. The highest BCUT2D eigenvalue weighted by atomic mass is 16.5. The minimum atomic E-state index is -1.17. The topological polar surface area (TPSA) is 113 Å². The van der Waals surface area contributed by atoms with E-state index in [1.807, 2.05) is 0 Å². The predicted molar refractivity (Wildman–Crippen MR) is 65.5 cm³/mol. The summed E-state index contributed by atoms with van der Waals surface area (Å²) in [6.45, 7) is 0. The lowest BCUT2D eigenvalue weighted by atomic mass is 10.1. The van der Waals surface area contributed by atoms with E-state index in [0.29, 0.717) is 16.5 Å². The van der Waals surface area contributed by atoms with Gasteiger partial charge < -0.3 is 14.3 Å². The van der Waals surface area contributed by atoms with E-state index in [0.717, 1.165) is 0 Å². The maximum atomic E-state index is 11.0. The Labute approximate surface area is 107 Å². The molecule has 0 bridgehead atoms. The van der Waals surface area contributed by atoms with Gasteiger partial charge in [-0.15, -0.1) is 0 Å². The van der Waals surface area contributed by atoms with Gasteiger partial charge in [0.25, 0.3) is 0 Å². The molecule has 1 amide bonds. The molecular weight excluding hydrogens is 252 g/mol. The van der Waals surface area contributed by atoms with Crippen LogP contribution in [0.1, 0.15) is 16.1 Å². The molecule has 0 fully saturated rings. The first kappa shape index (κ1) is 12.6. The Morgan fingerprint density at radius 3 is 2.74 bits per heavy atom. The summed E-state index contributed by atoms with van der Waals surface area (Å²) in [4.78, 5) is 21.7. The molecule has 2 rings (SSSR count). The van der Waals surface area contributed by atoms with Crippen molar-refractivity contribution in [3.8, 4) is 0 Å². The number of methoxy groups -OCH3 is 1. The lowest BCUT2D eigenvalue weighted by Crippen LogP contribution is -2.30. The molecule has 7 nitrogen and oxygen atoms in total. The molecule has 2 aromatic rings. The zero-order valence-electron chi connectivity index (χ0n) is 9.89. The van der Waals surface area contributed by atoms with Gasteiger partial charge in [-0.05, 0) is 24.3 Å². The average Bonchev–Trinajstić information content (AvgIpc) is 2.81. The molecule has 0 atom stereocenters. The quantitative estimate of drug-likeness (QED) is 0.564. The van der Waals surface area contributed by atoms with Gasteiger partial charge in [0.05, 0.1) is 7.11 Å². The van der Waals surface area contributed by atoms with Crippen LogP contribution < -0.4 is 5.32 Å². The Balaban J connectivity index is 2.33. The fraction of sp³-hybridized carbons (Fsp3) is 0.0833. The summed E-state index contributed by atoms with van der Waals surface area (Å²) in [6.07, 6.45) is -0.747. The Morgan fingerprint density at radius 2 is 2.11 bits per heavy atom. The van der Waals surface area contributed by atoms with Crippen LogP contribution in [-0.4, -0.2) is 30.1 Å². The monoisotopic (exact) mass is 262 g/mol. The van der Waals surface area contributed by atoms with Crippen molar-refractivity contribution in [1.82, 2.24) is 5.32 Å². The van der Waals surface area contributed by atoms with E-state index in [1.165, 1.54) is 25.3 Å². The number of amides is 1. The number of hydrogen-bond donors (Lipinski definition) is 3. The number of carboxylic acids is 1. The number of fused-ring (bicyclic) bond motifs is 1. The normalized spacial score (nSPS) is 10.2. The van der Waals surface area contributed by atoms with E-state index in [1.54, 1.807) is 6.07 Å². The predicted octanol–water partition coefficient (Wildman–Crippen LogP) is 1.81. The number of benzene rings is 1. The molecule has 0 unspecified atom stereocenters. The summed E-state index contributed by atoms with van der Waals surface area (Å²) in [5, 5.41) is 19.2. The van der Waals surface area contributed by atoms with Crippen molar-refractivity contribution in [2.75, 3.05) is 7.11 Å². The maximum absolute atomic E-state index is 11.0. The van der Waals surface area contributed by atoms with E-state index in [9.17, 15) is 9.59 Å². The highest BCUT2D eigenvalue weighted by Crippen LogP contribution is 2.20. The lowest BCUT2D eigenvalue weighted by Gasteiger charge is -2.05.